The first-order chi connectivity index (χ1) is 10.0. The Hall–Kier alpha value is -2.50. The monoisotopic (exact) mass is 287 g/mol. The van der Waals surface area contributed by atoms with Crippen molar-refractivity contribution in [3.05, 3.63) is 46.1 Å². The highest BCUT2D eigenvalue weighted by Gasteiger charge is 2.20. The van der Waals surface area contributed by atoms with Crippen molar-refractivity contribution in [1.82, 2.24) is 9.78 Å². The van der Waals surface area contributed by atoms with Crippen LogP contribution in [0.3, 0.4) is 0 Å². The number of carbonyl (C=O) groups is 1. The SMILES string of the molecule is CC(C)CCn1cc(C=O)c(-c2ccccc2[N+](=O)[O-])n1. The lowest BCUT2D eigenvalue weighted by Gasteiger charge is -2.04. The maximum Gasteiger partial charge on any atom is 0.278 e. The third-order valence-electron chi connectivity index (χ3n) is 3.21. The molecule has 0 aliphatic heterocycles. The number of aldehydes is 1. The van der Waals surface area contributed by atoms with Gasteiger partial charge in [0.1, 0.15) is 5.69 Å². The molecule has 6 heteroatoms. The zero-order valence-electron chi connectivity index (χ0n) is 12.0. The summed E-state index contributed by atoms with van der Waals surface area (Å²) >= 11 is 0. The maximum absolute atomic E-state index is 11.2. The molecule has 0 amide bonds. The molecule has 0 aliphatic rings. The molecule has 1 aromatic heterocycles. The molecule has 0 fully saturated rings. The van der Waals surface area contributed by atoms with Crippen molar-refractivity contribution in [1.29, 1.82) is 0 Å². The molecule has 0 unspecified atom stereocenters. The third kappa shape index (κ3) is 3.34. The van der Waals surface area contributed by atoms with E-state index in [-0.39, 0.29) is 5.69 Å². The Labute approximate surface area is 122 Å². The quantitative estimate of drug-likeness (QED) is 0.464. The summed E-state index contributed by atoms with van der Waals surface area (Å²) < 4.78 is 1.68. The van der Waals surface area contributed by atoms with Gasteiger partial charge in [0.15, 0.2) is 6.29 Å². The van der Waals surface area contributed by atoms with Crippen LogP contribution in [0.5, 0.6) is 0 Å². The minimum Gasteiger partial charge on any atom is -0.298 e. The van der Waals surface area contributed by atoms with Gasteiger partial charge in [0.05, 0.1) is 16.1 Å². The summed E-state index contributed by atoms with van der Waals surface area (Å²) in [5.41, 5.74) is 1.05. The Bertz CT molecular complexity index is 662. The zero-order valence-corrected chi connectivity index (χ0v) is 12.0. The van der Waals surface area contributed by atoms with Crippen LogP contribution in [0.25, 0.3) is 11.3 Å². The summed E-state index contributed by atoms with van der Waals surface area (Å²) in [6.45, 7) is 4.89. The molecule has 0 spiro atoms. The summed E-state index contributed by atoms with van der Waals surface area (Å²) in [6.07, 6.45) is 3.25. The minimum atomic E-state index is -0.461. The number of carbonyl (C=O) groups excluding carboxylic acids is 1. The molecule has 110 valence electrons. The standard InChI is InChI=1S/C15H17N3O3/c1-11(2)7-8-17-9-12(10-19)15(16-17)13-5-3-4-6-14(13)18(20)21/h3-6,9-11H,7-8H2,1-2H3. The first-order valence-electron chi connectivity index (χ1n) is 6.79. The molecule has 21 heavy (non-hydrogen) atoms. The van der Waals surface area contributed by atoms with Gasteiger partial charge in [-0.05, 0) is 18.4 Å². The van der Waals surface area contributed by atoms with Gasteiger partial charge in [-0.1, -0.05) is 26.0 Å². The van der Waals surface area contributed by atoms with Crippen LogP contribution in [0.1, 0.15) is 30.6 Å². The third-order valence-corrected chi connectivity index (χ3v) is 3.21. The smallest absolute Gasteiger partial charge is 0.278 e. The van der Waals surface area contributed by atoms with Gasteiger partial charge in [-0.2, -0.15) is 5.10 Å². The molecular formula is C15H17N3O3. The van der Waals surface area contributed by atoms with E-state index >= 15 is 0 Å². The highest BCUT2D eigenvalue weighted by Crippen LogP contribution is 2.30. The Morgan fingerprint density at radius 1 is 1.38 bits per heavy atom. The average Bonchev–Trinajstić information content (AvgIpc) is 2.88. The van der Waals surface area contributed by atoms with Gasteiger partial charge in [-0.15, -0.1) is 0 Å². The van der Waals surface area contributed by atoms with Crippen LogP contribution in [0.4, 0.5) is 5.69 Å². The normalized spacial score (nSPS) is 10.8. The fraction of sp³-hybridized carbons (Fsp3) is 0.333. The topological polar surface area (TPSA) is 78.0 Å². The molecule has 0 bridgehead atoms. The van der Waals surface area contributed by atoms with Gasteiger partial charge < -0.3 is 0 Å². The van der Waals surface area contributed by atoms with Crippen LogP contribution in [-0.2, 0) is 6.54 Å². The van der Waals surface area contributed by atoms with Crippen LogP contribution in [-0.4, -0.2) is 21.0 Å². The van der Waals surface area contributed by atoms with E-state index in [1.807, 2.05) is 0 Å². The molecule has 0 atom stereocenters. The molecule has 6 nitrogen and oxygen atoms in total. The molecular weight excluding hydrogens is 270 g/mol. The predicted molar refractivity (Wildman–Crippen MR) is 79.2 cm³/mol. The molecule has 0 aliphatic carbocycles. The second-order valence-electron chi connectivity index (χ2n) is 5.27. The Morgan fingerprint density at radius 3 is 2.71 bits per heavy atom. The summed E-state index contributed by atoms with van der Waals surface area (Å²) in [5.74, 6) is 0.517. The summed E-state index contributed by atoms with van der Waals surface area (Å²) in [7, 11) is 0. The van der Waals surface area contributed by atoms with E-state index in [4.69, 9.17) is 0 Å². The molecule has 1 aromatic carbocycles. The summed E-state index contributed by atoms with van der Waals surface area (Å²) in [4.78, 5) is 21.8. The van der Waals surface area contributed by atoms with E-state index in [2.05, 4.69) is 18.9 Å². The van der Waals surface area contributed by atoms with Gasteiger partial charge in [0.25, 0.3) is 5.69 Å². The van der Waals surface area contributed by atoms with E-state index in [1.165, 1.54) is 6.07 Å². The molecule has 2 aromatic rings. The number of benzene rings is 1. The predicted octanol–water partition coefficient (Wildman–Crippen LogP) is 3.32. The van der Waals surface area contributed by atoms with E-state index in [0.717, 1.165) is 6.42 Å². The number of nitro benzene ring substituents is 1. The second kappa shape index (κ2) is 6.30. The van der Waals surface area contributed by atoms with Crippen LogP contribution < -0.4 is 0 Å². The number of nitrogens with zero attached hydrogens (tertiary/aromatic N) is 3. The Balaban J connectivity index is 2.44. The van der Waals surface area contributed by atoms with E-state index in [9.17, 15) is 14.9 Å². The molecule has 0 saturated carbocycles. The molecule has 0 radical (unpaired) electrons. The van der Waals surface area contributed by atoms with Crippen LogP contribution in [0, 0.1) is 16.0 Å². The zero-order chi connectivity index (χ0) is 15.4. The number of para-hydroxylation sites is 1. The molecule has 1 heterocycles. The van der Waals surface area contributed by atoms with Crippen LogP contribution in [0.15, 0.2) is 30.5 Å². The minimum absolute atomic E-state index is 0.0466. The number of hydrogen-bond acceptors (Lipinski definition) is 4. The van der Waals surface area contributed by atoms with Crippen molar-refractivity contribution in [2.24, 2.45) is 5.92 Å². The lowest BCUT2D eigenvalue weighted by molar-refractivity contribution is -0.384. The van der Waals surface area contributed by atoms with Gasteiger partial charge in [-0.25, -0.2) is 0 Å². The van der Waals surface area contributed by atoms with Crippen molar-refractivity contribution in [2.45, 2.75) is 26.8 Å². The lowest BCUT2D eigenvalue weighted by atomic mass is 10.1. The van der Waals surface area contributed by atoms with Gasteiger partial charge >= 0.3 is 0 Å². The average molecular weight is 287 g/mol. The fourth-order valence-electron chi connectivity index (χ4n) is 2.07. The van der Waals surface area contributed by atoms with E-state index in [1.54, 1.807) is 29.1 Å². The highest BCUT2D eigenvalue weighted by atomic mass is 16.6. The highest BCUT2D eigenvalue weighted by molar-refractivity contribution is 5.87. The maximum atomic E-state index is 11.2. The van der Waals surface area contributed by atoms with Crippen molar-refractivity contribution < 1.29 is 9.72 Å². The van der Waals surface area contributed by atoms with Crippen LogP contribution in [0.2, 0.25) is 0 Å². The Kier molecular flexibility index (Phi) is 4.47. The summed E-state index contributed by atoms with van der Waals surface area (Å²) in [6, 6.07) is 6.32. The second-order valence-corrected chi connectivity index (χ2v) is 5.27. The van der Waals surface area contributed by atoms with Crippen molar-refractivity contribution in [3.8, 4) is 11.3 Å². The lowest BCUT2D eigenvalue weighted by Crippen LogP contribution is -2.02. The molecule has 0 N–H and O–H groups in total. The number of hydrogen-bond donors (Lipinski definition) is 0. The van der Waals surface area contributed by atoms with Gasteiger partial charge in [-0.3, -0.25) is 19.6 Å². The molecule has 2 rings (SSSR count). The van der Waals surface area contributed by atoms with Crippen molar-refractivity contribution in [3.63, 3.8) is 0 Å². The van der Waals surface area contributed by atoms with E-state index < -0.39 is 4.92 Å². The van der Waals surface area contributed by atoms with Gasteiger partial charge in [0.2, 0.25) is 0 Å². The van der Waals surface area contributed by atoms with Crippen molar-refractivity contribution >= 4 is 12.0 Å². The van der Waals surface area contributed by atoms with E-state index in [0.29, 0.717) is 35.6 Å². The largest absolute Gasteiger partial charge is 0.298 e. The first kappa shape index (κ1) is 14.9. The first-order valence-corrected chi connectivity index (χ1v) is 6.79. The number of aromatic nitrogens is 2. The Morgan fingerprint density at radius 2 is 2.10 bits per heavy atom. The van der Waals surface area contributed by atoms with Gasteiger partial charge in [0, 0.05) is 18.8 Å². The molecule has 0 saturated heterocycles. The number of aryl methyl sites for hydroxylation is 1. The number of rotatable bonds is 6. The van der Waals surface area contributed by atoms with Crippen molar-refractivity contribution in [2.75, 3.05) is 0 Å². The number of nitro groups is 1. The summed E-state index contributed by atoms with van der Waals surface area (Å²) in [5, 5.41) is 15.4. The fourth-order valence-corrected chi connectivity index (χ4v) is 2.07. The van der Waals surface area contributed by atoms with Crippen LogP contribution >= 0.6 is 0 Å².